The lowest BCUT2D eigenvalue weighted by Gasteiger charge is -2.23. The van der Waals surface area contributed by atoms with E-state index in [2.05, 4.69) is 26.2 Å². The van der Waals surface area contributed by atoms with Crippen molar-refractivity contribution in [2.45, 2.75) is 39.0 Å². The molecule has 4 rings (SSSR count). The number of amides is 1. The zero-order chi connectivity index (χ0) is 26.3. The SMILES string of the molecule is CC(C)(C)OC(=O)NCC(Nc1ccccc1C(=O)c1ccccc1)c1nnnn1Cc1ccccc1. The van der Waals surface area contributed by atoms with Gasteiger partial charge in [-0.25, -0.2) is 9.48 Å². The predicted octanol–water partition coefficient (Wildman–Crippen LogP) is 4.63. The lowest BCUT2D eigenvalue weighted by molar-refractivity contribution is 0.0525. The molecule has 1 heterocycles. The zero-order valence-electron chi connectivity index (χ0n) is 21.1. The number of hydrogen-bond acceptors (Lipinski definition) is 7. The van der Waals surface area contributed by atoms with Crippen molar-refractivity contribution in [3.63, 3.8) is 0 Å². The van der Waals surface area contributed by atoms with Gasteiger partial charge in [0.05, 0.1) is 6.54 Å². The number of benzene rings is 3. The second-order valence-corrected chi connectivity index (χ2v) is 9.50. The van der Waals surface area contributed by atoms with Crippen molar-refractivity contribution in [2.75, 3.05) is 11.9 Å². The van der Waals surface area contributed by atoms with Crippen LogP contribution in [0.5, 0.6) is 0 Å². The van der Waals surface area contributed by atoms with Gasteiger partial charge in [-0.1, -0.05) is 72.8 Å². The fourth-order valence-electron chi connectivity index (χ4n) is 3.78. The Morgan fingerprint density at radius 3 is 2.27 bits per heavy atom. The Labute approximate surface area is 215 Å². The van der Waals surface area contributed by atoms with E-state index in [-0.39, 0.29) is 12.3 Å². The van der Waals surface area contributed by atoms with Crippen LogP contribution in [-0.4, -0.2) is 44.2 Å². The maximum Gasteiger partial charge on any atom is 0.407 e. The third kappa shape index (κ3) is 7.00. The number of para-hydroxylation sites is 1. The number of nitrogens with one attached hydrogen (secondary N) is 2. The van der Waals surface area contributed by atoms with Crippen molar-refractivity contribution in [3.05, 3.63) is 107 Å². The first kappa shape index (κ1) is 25.6. The van der Waals surface area contributed by atoms with Gasteiger partial charge < -0.3 is 15.4 Å². The van der Waals surface area contributed by atoms with Crippen LogP contribution in [0.15, 0.2) is 84.9 Å². The predicted molar refractivity (Wildman–Crippen MR) is 140 cm³/mol. The molecule has 0 radical (unpaired) electrons. The zero-order valence-corrected chi connectivity index (χ0v) is 21.1. The topological polar surface area (TPSA) is 111 Å². The molecule has 0 saturated carbocycles. The van der Waals surface area contributed by atoms with Crippen LogP contribution in [0.25, 0.3) is 0 Å². The molecule has 1 atom stereocenters. The molecule has 0 aliphatic rings. The van der Waals surface area contributed by atoms with E-state index >= 15 is 0 Å². The number of ether oxygens (including phenoxy) is 1. The number of ketones is 1. The van der Waals surface area contributed by atoms with Gasteiger partial charge in [-0.3, -0.25) is 4.79 Å². The number of alkyl carbamates (subject to hydrolysis) is 1. The number of nitrogens with zero attached hydrogens (tertiary/aromatic N) is 4. The van der Waals surface area contributed by atoms with Gasteiger partial charge in [0.1, 0.15) is 11.6 Å². The number of carbonyl (C=O) groups excluding carboxylic acids is 2. The molecule has 1 amide bonds. The highest BCUT2D eigenvalue weighted by atomic mass is 16.6. The van der Waals surface area contributed by atoms with Gasteiger partial charge in [0, 0.05) is 23.4 Å². The molecule has 9 nitrogen and oxygen atoms in total. The van der Waals surface area contributed by atoms with Crippen LogP contribution < -0.4 is 10.6 Å². The molecule has 0 bridgehead atoms. The summed E-state index contributed by atoms with van der Waals surface area (Å²) in [6, 6.07) is 25.6. The quantitative estimate of drug-likeness (QED) is 0.324. The van der Waals surface area contributed by atoms with Crippen LogP contribution in [0, 0.1) is 0 Å². The number of tetrazole rings is 1. The standard InChI is InChI=1S/C28H30N6O3/c1-28(2,3)37-27(36)29-18-24(26-31-32-33-34(26)19-20-12-6-4-7-13-20)30-23-17-11-10-16-22(23)25(35)21-14-8-5-9-15-21/h4-17,24,30H,18-19H2,1-3H3,(H,29,36). The molecule has 0 spiro atoms. The molecule has 1 aromatic heterocycles. The first-order valence-corrected chi connectivity index (χ1v) is 12.0. The van der Waals surface area contributed by atoms with E-state index in [1.165, 1.54) is 0 Å². The molecule has 0 fully saturated rings. The first-order valence-electron chi connectivity index (χ1n) is 12.0. The summed E-state index contributed by atoms with van der Waals surface area (Å²) in [6.07, 6.45) is -0.560. The molecule has 1 unspecified atom stereocenters. The van der Waals surface area contributed by atoms with Crippen molar-refractivity contribution in [3.8, 4) is 0 Å². The number of carbonyl (C=O) groups is 2. The fourth-order valence-corrected chi connectivity index (χ4v) is 3.78. The second kappa shape index (κ2) is 11.5. The largest absolute Gasteiger partial charge is 0.444 e. The summed E-state index contributed by atoms with van der Waals surface area (Å²) >= 11 is 0. The van der Waals surface area contributed by atoms with Crippen LogP contribution in [0.3, 0.4) is 0 Å². The molecular formula is C28H30N6O3. The van der Waals surface area contributed by atoms with Gasteiger partial charge in [-0.05, 0) is 48.9 Å². The highest BCUT2D eigenvalue weighted by molar-refractivity contribution is 6.12. The van der Waals surface area contributed by atoms with Gasteiger partial charge in [0.25, 0.3) is 0 Å². The van der Waals surface area contributed by atoms with Gasteiger partial charge in [-0.15, -0.1) is 5.10 Å². The molecule has 4 aromatic rings. The Morgan fingerprint density at radius 2 is 1.57 bits per heavy atom. The molecule has 190 valence electrons. The number of rotatable bonds is 9. The molecule has 0 saturated heterocycles. The number of aromatic nitrogens is 4. The summed E-state index contributed by atoms with van der Waals surface area (Å²) in [6.45, 7) is 5.97. The van der Waals surface area contributed by atoms with Crippen LogP contribution in [0.2, 0.25) is 0 Å². The van der Waals surface area contributed by atoms with Crippen molar-refractivity contribution in [1.29, 1.82) is 0 Å². The Hall–Kier alpha value is -4.53. The fraction of sp³-hybridized carbons (Fsp3) is 0.250. The summed E-state index contributed by atoms with van der Waals surface area (Å²) in [5, 5.41) is 18.5. The van der Waals surface area contributed by atoms with E-state index in [0.717, 1.165) is 5.56 Å². The average molecular weight is 499 g/mol. The highest BCUT2D eigenvalue weighted by Crippen LogP contribution is 2.24. The monoisotopic (exact) mass is 498 g/mol. The Morgan fingerprint density at radius 1 is 0.919 bits per heavy atom. The van der Waals surface area contributed by atoms with E-state index in [0.29, 0.717) is 29.2 Å². The van der Waals surface area contributed by atoms with Crippen LogP contribution in [0.1, 0.15) is 54.1 Å². The van der Waals surface area contributed by atoms with Crippen LogP contribution >= 0.6 is 0 Å². The van der Waals surface area contributed by atoms with Crippen molar-refractivity contribution < 1.29 is 14.3 Å². The number of anilines is 1. The summed E-state index contributed by atoms with van der Waals surface area (Å²) < 4.78 is 7.08. The first-order chi connectivity index (χ1) is 17.8. The smallest absolute Gasteiger partial charge is 0.407 e. The van der Waals surface area contributed by atoms with Gasteiger partial charge in [0.2, 0.25) is 0 Å². The summed E-state index contributed by atoms with van der Waals surface area (Å²) in [5.74, 6) is 0.383. The van der Waals surface area contributed by atoms with E-state index in [9.17, 15) is 9.59 Å². The lowest BCUT2D eigenvalue weighted by atomic mass is 10.0. The Balaban J connectivity index is 1.63. The molecule has 0 aliphatic heterocycles. The molecule has 2 N–H and O–H groups in total. The minimum absolute atomic E-state index is 0.119. The highest BCUT2D eigenvalue weighted by Gasteiger charge is 2.24. The molecule has 37 heavy (non-hydrogen) atoms. The maximum atomic E-state index is 13.3. The third-order valence-electron chi connectivity index (χ3n) is 5.43. The molecule has 3 aromatic carbocycles. The summed E-state index contributed by atoms with van der Waals surface area (Å²) in [7, 11) is 0. The summed E-state index contributed by atoms with van der Waals surface area (Å²) in [4.78, 5) is 25.7. The Bertz CT molecular complexity index is 1330. The van der Waals surface area contributed by atoms with Gasteiger partial charge in [-0.2, -0.15) is 0 Å². The van der Waals surface area contributed by atoms with Crippen molar-refractivity contribution in [2.24, 2.45) is 0 Å². The minimum Gasteiger partial charge on any atom is -0.444 e. The van der Waals surface area contributed by atoms with Gasteiger partial charge in [0.15, 0.2) is 11.6 Å². The molecular weight excluding hydrogens is 468 g/mol. The molecule has 0 aliphatic carbocycles. The van der Waals surface area contributed by atoms with E-state index < -0.39 is 17.7 Å². The van der Waals surface area contributed by atoms with Crippen molar-refractivity contribution in [1.82, 2.24) is 25.5 Å². The maximum absolute atomic E-state index is 13.3. The second-order valence-electron chi connectivity index (χ2n) is 9.50. The van der Waals surface area contributed by atoms with E-state index in [4.69, 9.17) is 4.74 Å². The lowest BCUT2D eigenvalue weighted by Crippen LogP contribution is -2.37. The minimum atomic E-state index is -0.642. The van der Waals surface area contributed by atoms with Crippen molar-refractivity contribution >= 4 is 17.6 Å². The normalized spacial score (nSPS) is 12.0. The van der Waals surface area contributed by atoms with Gasteiger partial charge >= 0.3 is 6.09 Å². The van der Waals surface area contributed by atoms with E-state index in [1.807, 2.05) is 66.7 Å². The van der Waals surface area contributed by atoms with Crippen LogP contribution in [0.4, 0.5) is 10.5 Å². The molecule has 9 heteroatoms. The third-order valence-corrected chi connectivity index (χ3v) is 5.43. The van der Waals surface area contributed by atoms with E-state index in [1.54, 1.807) is 43.7 Å². The summed E-state index contributed by atoms with van der Waals surface area (Å²) in [5.41, 5.74) is 2.06. The number of hydrogen-bond donors (Lipinski definition) is 2. The Kier molecular flexibility index (Phi) is 7.92. The van der Waals surface area contributed by atoms with Crippen LogP contribution in [-0.2, 0) is 11.3 Å². The average Bonchev–Trinajstić information content (AvgIpc) is 3.34.